The normalized spacial score (nSPS) is 13.7. The van der Waals surface area contributed by atoms with Crippen LogP contribution in [-0.2, 0) is 0 Å². The molecule has 0 saturated heterocycles. The highest BCUT2D eigenvalue weighted by Gasteiger charge is 2.38. The summed E-state index contributed by atoms with van der Waals surface area (Å²) in [6.45, 7) is 0. The number of rotatable bonds is 2. The van der Waals surface area contributed by atoms with Crippen LogP contribution in [0.2, 0.25) is 0 Å². The second-order valence-corrected chi connectivity index (χ2v) is 2.62. The number of pyridine rings is 1. The smallest absolute Gasteiger partial charge is 0.315 e. The Hall–Kier alpha value is -1.43. The van der Waals surface area contributed by atoms with Crippen LogP contribution in [0.5, 0.6) is 0 Å². The Balaban J connectivity index is 3.01. The van der Waals surface area contributed by atoms with Crippen molar-refractivity contribution in [1.82, 2.24) is 4.98 Å². The molecular formula is C8H7F3N2O. The van der Waals surface area contributed by atoms with E-state index in [0.717, 1.165) is 6.07 Å². The van der Waals surface area contributed by atoms with Gasteiger partial charge in [0.15, 0.2) is 6.29 Å². The first-order valence-corrected chi connectivity index (χ1v) is 3.69. The molecule has 1 rings (SSSR count). The first-order chi connectivity index (χ1) is 6.45. The molecule has 14 heavy (non-hydrogen) atoms. The summed E-state index contributed by atoms with van der Waals surface area (Å²) < 4.78 is 36.4. The predicted octanol–water partition coefficient (Wildman–Crippen LogP) is 1.46. The fraction of sp³-hybridized carbons (Fsp3) is 0.250. The number of alkyl halides is 3. The molecule has 1 aromatic heterocycles. The zero-order chi connectivity index (χ0) is 10.8. The van der Waals surface area contributed by atoms with Gasteiger partial charge >= 0.3 is 6.18 Å². The molecule has 6 heteroatoms. The third-order valence-corrected chi connectivity index (χ3v) is 1.58. The van der Waals surface area contributed by atoms with Crippen molar-refractivity contribution >= 4 is 6.29 Å². The van der Waals surface area contributed by atoms with Gasteiger partial charge in [0.2, 0.25) is 0 Å². The molecule has 0 amide bonds. The molecule has 0 fully saturated rings. The summed E-state index contributed by atoms with van der Waals surface area (Å²) in [4.78, 5) is 13.7. The number of carbonyl (C=O) groups is 1. The summed E-state index contributed by atoms with van der Waals surface area (Å²) in [5.74, 6) is 0. The molecule has 0 aliphatic rings. The van der Waals surface area contributed by atoms with E-state index in [1.54, 1.807) is 0 Å². The van der Waals surface area contributed by atoms with Gasteiger partial charge in [0, 0.05) is 0 Å². The number of aldehydes is 1. The first kappa shape index (κ1) is 10.6. The third-order valence-electron chi connectivity index (χ3n) is 1.58. The van der Waals surface area contributed by atoms with Crippen LogP contribution >= 0.6 is 0 Å². The van der Waals surface area contributed by atoms with Crippen LogP contribution in [0.4, 0.5) is 13.2 Å². The Kier molecular flexibility index (Phi) is 2.85. The fourth-order valence-corrected chi connectivity index (χ4v) is 0.875. The van der Waals surface area contributed by atoms with Gasteiger partial charge < -0.3 is 5.73 Å². The summed E-state index contributed by atoms with van der Waals surface area (Å²) in [5, 5.41) is 0. The van der Waals surface area contributed by atoms with E-state index in [2.05, 4.69) is 4.98 Å². The van der Waals surface area contributed by atoms with Gasteiger partial charge in [-0.3, -0.25) is 4.79 Å². The first-order valence-electron chi connectivity index (χ1n) is 3.69. The van der Waals surface area contributed by atoms with Gasteiger partial charge in [-0.25, -0.2) is 4.98 Å². The average Bonchev–Trinajstić information content (AvgIpc) is 2.15. The Morgan fingerprint density at radius 1 is 1.43 bits per heavy atom. The molecule has 0 aromatic carbocycles. The molecular weight excluding hydrogens is 197 g/mol. The molecule has 0 saturated carbocycles. The van der Waals surface area contributed by atoms with Gasteiger partial charge in [-0.15, -0.1) is 0 Å². The molecule has 0 aliphatic heterocycles. The zero-order valence-electron chi connectivity index (χ0n) is 6.95. The molecule has 0 radical (unpaired) electrons. The topological polar surface area (TPSA) is 56.0 Å². The standard InChI is InChI=1S/C8H7F3N2O/c9-8(10,11)7(12)6-3-1-2-5(4-14)13-6/h1-4,7H,12H2/t7-/m1/s1. The molecule has 0 unspecified atom stereocenters. The van der Waals surface area contributed by atoms with Crippen molar-refractivity contribution in [2.75, 3.05) is 0 Å². The van der Waals surface area contributed by atoms with Crippen molar-refractivity contribution < 1.29 is 18.0 Å². The average molecular weight is 204 g/mol. The van der Waals surface area contributed by atoms with Crippen molar-refractivity contribution in [2.24, 2.45) is 5.73 Å². The SMILES string of the molecule is N[C@H](c1cccc(C=O)n1)C(F)(F)F. The van der Waals surface area contributed by atoms with Crippen LogP contribution in [0.25, 0.3) is 0 Å². The van der Waals surface area contributed by atoms with Gasteiger partial charge in [0.1, 0.15) is 11.7 Å². The van der Waals surface area contributed by atoms with Crippen LogP contribution in [0.1, 0.15) is 22.2 Å². The largest absolute Gasteiger partial charge is 0.409 e. The molecule has 76 valence electrons. The summed E-state index contributed by atoms with van der Waals surface area (Å²) in [5.41, 5.74) is 4.47. The lowest BCUT2D eigenvalue weighted by Gasteiger charge is -2.14. The molecule has 1 atom stereocenters. The van der Waals surface area contributed by atoms with E-state index >= 15 is 0 Å². The maximum Gasteiger partial charge on any atom is 0.409 e. The summed E-state index contributed by atoms with van der Waals surface area (Å²) >= 11 is 0. The zero-order valence-corrected chi connectivity index (χ0v) is 6.95. The third kappa shape index (κ3) is 2.29. The van der Waals surface area contributed by atoms with E-state index < -0.39 is 12.2 Å². The quantitative estimate of drug-likeness (QED) is 0.742. The number of aromatic nitrogens is 1. The summed E-state index contributed by atoms with van der Waals surface area (Å²) in [7, 11) is 0. The monoisotopic (exact) mass is 204 g/mol. The molecule has 0 aliphatic carbocycles. The van der Waals surface area contributed by atoms with Gasteiger partial charge in [-0.2, -0.15) is 13.2 Å². The minimum atomic E-state index is -4.55. The van der Waals surface area contributed by atoms with Crippen molar-refractivity contribution in [3.8, 4) is 0 Å². The lowest BCUT2D eigenvalue weighted by molar-refractivity contribution is -0.150. The minimum Gasteiger partial charge on any atom is -0.315 e. The van der Waals surface area contributed by atoms with Crippen molar-refractivity contribution in [1.29, 1.82) is 0 Å². The Bertz CT molecular complexity index is 338. The molecule has 1 aromatic rings. The van der Waals surface area contributed by atoms with Crippen LogP contribution in [0, 0.1) is 0 Å². The van der Waals surface area contributed by atoms with E-state index in [9.17, 15) is 18.0 Å². The van der Waals surface area contributed by atoms with Crippen LogP contribution in [0.3, 0.4) is 0 Å². The predicted molar refractivity (Wildman–Crippen MR) is 42.6 cm³/mol. The van der Waals surface area contributed by atoms with E-state index in [1.807, 2.05) is 0 Å². The summed E-state index contributed by atoms with van der Waals surface area (Å²) in [6, 6.07) is 1.59. The Labute approximate surface area is 77.7 Å². The van der Waals surface area contributed by atoms with Gasteiger partial charge in [0.25, 0.3) is 0 Å². The van der Waals surface area contributed by atoms with Crippen molar-refractivity contribution in [2.45, 2.75) is 12.2 Å². The molecule has 1 heterocycles. The lowest BCUT2D eigenvalue weighted by Crippen LogP contribution is -2.29. The highest BCUT2D eigenvalue weighted by molar-refractivity contribution is 5.71. The highest BCUT2D eigenvalue weighted by Crippen LogP contribution is 2.29. The number of hydrogen-bond donors (Lipinski definition) is 1. The summed E-state index contributed by atoms with van der Waals surface area (Å²) in [6.07, 6.45) is -4.18. The maximum absolute atomic E-state index is 12.1. The van der Waals surface area contributed by atoms with Gasteiger partial charge in [-0.1, -0.05) is 6.07 Å². The van der Waals surface area contributed by atoms with Crippen LogP contribution in [0.15, 0.2) is 18.2 Å². The van der Waals surface area contributed by atoms with Crippen molar-refractivity contribution in [3.63, 3.8) is 0 Å². The van der Waals surface area contributed by atoms with E-state index in [0.29, 0.717) is 6.29 Å². The number of hydrogen-bond acceptors (Lipinski definition) is 3. The number of carbonyl (C=O) groups excluding carboxylic acids is 1. The molecule has 0 spiro atoms. The second-order valence-electron chi connectivity index (χ2n) is 2.62. The van der Waals surface area contributed by atoms with E-state index in [4.69, 9.17) is 5.73 Å². The molecule has 3 nitrogen and oxygen atoms in total. The van der Waals surface area contributed by atoms with E-state index in [1.165, 1.54) is 12.1 Å². The number of nitrogens with zero attached hydrogens (tertiary/aromatic N) is 1. The minimum absolute atomic E-state index is 0.0674. The van der Waals surface area contributed by atoms with Crippen molar-refractivity contribution in [3.05, 3.63) is 29.6 Å². The Morgan fingerprint density at radius 2 is 2.07 bits per heavy atom. The van der Waals surface area contributed by atoms with Crippen LogP contribution < -0.4 is 5.73 Å². The van der Waals surface area contributed by atoms with Crippen LogP contribution in [-0.4, -0.2) is 17.4 Å². The molecule has 0 bridgehead atoms. The van der Waals surface area contributed by atoms with E-state index in [-0.39, 0.29) is 11.4 Å². The number of nitrogens with two attached hydrogens (primary N) is 1. The number of halogens is 3. The fourth-order valence-electron chi connectivity index (χ4n) is 0.875. The van der Waals surface area contributed by atoms with Gasteiger partial charge in [-0.05, 0) is 12.1 Å². The highest BCUT2D eigenvalue weighted by atomic mass is 19.4. The Morgan fingerprint density at radius 3 is 2.57 bits per heavy atom. The molecule has 2 N–H and O–H groups in total. The second kappa shape index (κ2) is 3.75. The maximum atomic E-state index is 12.1. The lowest BCUT2D eigenvalue weighted by atomic mass is 10.2. The van der Waals surface area contributed by atoms with Gasteiger partial charge in [0.05, 0.1) is 5.69 Å².